The summed E-state index contributed by atoms with van der Waals surface area (Å²) in [5.74, 6) is 0.852. The maximum absolute atomic E-state index is 5.88. The summed E-state index contributed by atoms with van der Waals surface area (Å²) in [6, 6.07) is 5.91. The molecule has 0 saturated carbocycles. The first-order valence-corrected chi connectivity index (χ1v) is 6.41. The fraction of sp³-hybridized carbons (Fsp3) is 0.571. The van der Waals surface area contributed by atoms with Crippen LogP contribution in [0.4, 0.5) is 11.4 Å². The summed E-state index contributed by atoms with van der Waals surface area (Å²) in [5.41, 5.74) is 7.76. The fourth-order valence-electron chi connectivity index (χ4n) is 1.80. The van der Waals surface area contributed by atoms with Gasteiger partial charge in [-0.3, -0.25) is 0 Å². The largest absolute Gasteiger partial charge is 0.494 e. The minimum absolute atomic E-state index is 0.669. The second-order valence-electron chi connectivity index (χ2n) is 4.32. The van der Waals surface area contributed by atoms with Crippen molar-refractivity contribution in [3.63, 3.8) is 0 Å². The average molecular weight is 236 g/mol. The summed E-state index contributed by atoms with van der Waals surface area (Å²) in [6.07, 6.45) is 3.73. The predicted octanol–water partition coefficient (Wildman–Crippen LogP) is 3.29. The van der Waals surface area contributed by atoms with Gasteiger partial charge in [0.2, 0.25) is 0 Å². The number of anilines is 2. The van der Waals surface area contributed by atoms with Crippen LogP contribution in [0.25, 0.3) is 0 Å². The van der Waals surface area contributed by atoms with Crippen molar-refractivity contribution in [3.05, 3.63) is 18.2 Å². The lowest BCUT2D eigenvalue weighted by molar-refractivity contribution is 0.340. The molecule has 1 aromatic rings. The van der Waals surface area contributed by atoms with Gasteiger partial charge in [0, 0.05) is 37.1 Å². The lowest BCUT2D eigenvalue weighted by Crippen LogP contribution is -2.18. The third-order valence-corrected chi connectivity index (χ3v) is 2.76. The number of rotatable bonds is 7. The number of hydrogen-bond donors (Lipinski definition) is 1. The summed E-state index contributed by atoms with van der Waals surface area (Å²) < 4.78 is 5.50. The lowest BCUT2D eigenvalue weighted by atomic mass is 10.2. The highest BCUT2D eigenvalue weighted by molar-refractivity contribution is 5.60. The van der Waals surface area contributed by atoms with Gasteiger partial charge in [-0.1, -0.05) is 19.8 Å². The molecule has 1 aromatic carbocycles. The van der Waals surface area contributed by atoms with Crippen molar-refractivity contribution in [2.24, 2.45) is 0 Å². The maximum atomic E-state index is 5.88. The maximum Gasteiger partial charge on any atom is 0.123 e. The highest BCUT2D eigenvalue weighted by atomic mass is 16.5. The fourth-order valence-corrected chi connectivity index (χ4v) is 1.80. The third kappa shape index (κ3) is 4.55. The van der Waals surface area contributed by atoms with Gasteiger partial charge in [-0.2, -0.15) is 0 Å². The van der Waals surface area contributed by atoms with E-state index in [-0.39, 0.29) is 0 Å². The van der Waals surface area contributed by atoms with Crippen molar-refractivity contribution in [1.29, 1.82) is 0 Å². The number of nitrogens with zero attached hydrogens (tertiary/aromatic N) is 1. The average Bonchev–Trinajstić information content (AvgIpc) is 2.29. The summed E-state index contributed by atoms with van der Waals surface area (Å²) in [6.45, 7) is 5.92. The van der Waals surface area contributed by atoms with Gasteiger partial charge in [0.05, 0.1) is 6.61 Å². The van der Waals surface area contributed by atoms with Crippen LogP contribution >= 0.6 is 0 Å². The Morgan fingerprint density at radius 2 is 1.94 bits per heavy atom. The molecule has 0 aliphatic rings. The second-order valence-corrected chi connectivity index (χ2v) is 4.32. The molecule has 0 unspecified atom stereocenters. The molecule has 1 rings (SSSR count). The lowest BCUT2D eigenvalue weighted by Gasteiger charge is -2.20. The third-order valence-electron chi connectivity index (χ3n) is 2.76. The quantitative estimate of drug-likeness (QED) is 0.583. The summed E-state index contributed by atoms with van der Waals surface area (Å²) in [7, 11) is 2.10. The van der Waals surface area contributed by atoms with E-state index >= 15 is 0 Å². The van der Waals surface area contributed by atoms with Gasteiger partial charge in [0.25, 0.3) is 0 Å². The van der Waals surface area contributed by atoms with Crippen molar-refractivity contribution >= 4 is 11.4 Å². The van der Waals surface area contributed by atoms with Crippen LogP contribution in [-0.4, -0.2) is 20.2 Å². The van der Waals surface area contributed by atoms with Crippen LogP contribution in [0.5, 0.6) is 5.75 Å². The van der Waals surface area contributed by atoms with E-state index in [1.54, 1.807) is 0 Å². The Hall–Kier alpha value is -1.38. The van der Waals surface area contributed by atoms with E-state index in [0.29, 0.717) is 6.61 Å². The zero-order valence-electron chi connectivity index (χ0n) is 11.2. The molecule has 3 heteroatoms. The molecule has 0 aliphatic heterocycles. The van der Waals surface area contributed by atoms with Crippen LogP contribution in [0.3, 0.4) is 0 Å². The molecular formula is C14H24N2O. The molecule has 0 heterocycles. The number of nitrogen functional groups attached to an aromatic ring is 1. The van der Waals surface area contributed by atoms with Gasteiger partial charge in [0.15, 0.2) is 0 Å². The van der Waals surface area contributed by atoms with Gasteiger partial charge >= 0.3 is 0 Å². The van der Waals surface area contributed by atoms with E-state index in [4.69, 9.17) is 10.5 Å². The molecule has 3 nitrogen and oxygen atoms in total. The predicted molar refractivity (Wildman–Crippen MR) is 74.8 cm³/mol. The summed E-state index contributed by atoms with van der Waals surface area (Å²) in [5, 5.41) is 0. The Kier molecular flexibility index (Phi) is 5.67. The van der Waals surface area contributed by atoms with Crippen molar-refractivity contribution < 1.29 is 4.74 Å². The van der Waals surface area contributed by atoms with Crippen LogP contribution in [0.2, 0.25) is 0 Å². The molecule has 0 saturated heterocycles. The van der Waals surface area contributed by atoms with Crippen LogP contribution in [0.1, 0.15) is 33.1 Å². The molecule has 0 bridgehead atoms. The molecule has 0 radical (unpaired) electrons. The normalized spacial score (nSPS) is 10.3. The molecule has 96 valence electrons. The summed E-state index contributed by atoms with van der Waals surface area (Å²) in [4.78, 5) is 2.23. The SMILES string of the molecule is CCCCCN(C)c1cc(N)cc(OCC)c1. The highest BCUT2D eigenvalue weighted by Crippen LogP contribution is 2.25. The topological polar surface area (TPSA) is 38.5 Å². The van der Waals surface area contributed by atoms with Gasteiger partial charge in [0.1, 0.15) is 5.75 Å². The first-order chi connectivity index (χ1) is 8.17. The number of nitrogens with two attached hydrogens (primary N) is 1. The monoisotopic (exact) mass is 236 g/mol. The van der Waals surface area contributed by atoms with E-state index in [1.807, 2.05) is 25.1 Å². The number of unbranched alkanes of at least 4 members (excludes halogenated alkanes) is 2. The van der Waals surface area contributed by atoms with E-state index < -0.39 is 0 Å². The van der Waals surface area contributed by atoms with E-state index in [2.05, 4.69) is 18.9 Å². The Morgan fingerprint density at radius 3 is 2.59 bits per heavy atom. The smallest absolute Gasteiger partial charge is 0.123 e. The molecule has 0 aromatic heterocycles. The Balaban J connectivity index is 2.67. The van der Waals surface area contributed by atoms with E-state index in [1.165, 1.54) is 19.3 Å². The standard InChI is InChI=1S/C14H24N2O/c1-4-6-7-8-16(3)13-9-12(15)10-14(11-13)17-5-2/h9-11H,4-8,15H2,1-3H3. The van der Waals surface area contributed by atoms with E-state index in [0.717, 1.165) is 23.7 Å². The number of ether oxygens (including phenoxy) is 1. The molecule has 0 fully saturated rings. The molecular weight excluding hydrogens is 212 g/mol. The Bertz CT molecular complexity index is 339. The zero-order valence-corrected chi connectivity index (χ0v) is 11.2. The van der Waals surface area contributed by atoms with Crippen LogP contribution in [0.15, 0.2) is 18.2 Å². The number of benzene rings is 1. The molecule has 0 amide bonds. The second kappa shape index (κ2) is 7.05. The van der Waals surface area contributed by atoms with Crippen LogP contribution < -0.4 is 15.4 Å². The first kappa shape index (κ1) is 13.7. The number of hydrogen-bond acceptors (Lipinski definition) is 3. The Labute approximate surface area is 105 Å². The van der Waals surface area contributed by atoms with Crippen LogP contribution in [-0.2, 0) is 0 Å². The zero-order chi connectivity index (χ0) is 12.7. The Morgan fingerprint density at radius 1 is 1.18 bits per heavy atom. The van der Waals surface area contributed by atoms with Crippen molar-refractivity contribution in [1.82, 2.24) is 0 Å². The van der Waals surface area contributed by atoms with Crippen molar-refractivity contribution in [2.45, 2.75) is 33.1 Å². The van der Waals surface area contributed by atoms with Crippen molar-refractivity contribution in [2.75, 3.05) is 30.8 Å². The minimum Gasteiger partial charge on any atom is -0.494 e. The van der Waals surface area contributed by atoms with Crippen LogP contribution in [0, 0.1) is 0 Å². The molecule has 17 heavy (non-hydrogen) atoms. The van der Waals surface area contributed by atoms with E-state index in [9.17, 15) is 0 Å². The highest BCUT2D eigenvalue weighted by Gasteiger charge is 2.04. The molecule has 2 N–H and O–H groups in total. The summed E-state index contributed by atoms with van der Waals surface area (Å²) >= 11 is 0. The van der Waals surface area contributed by atoms with Gasteiger partial charge in [-0.05, 0) is 19.4 Å². The van der Waals surface area contributed by atoms with Gasteiger partial charge in [-0.15, -0.1) is 0 Å². The molecule has 0 aliphatic carbocycles. The van der Waals surface area contributed by atoms with Gasteiger partial charge < -0.3 is 15.4 Å². The van der Waals surface area contributed by atoms with Crippen molar-refractivity contribution in [3.8, 4) is 5.75 Å². The minimum atomic E-state index is 0.669. The molecule has 0 spiro atoms. The first-order valence-electron chi connectivity index (χ1n) is 6.41. The van der Waals surface area contributed by atoms with Gasteiger partial charge in [-0.25, -0.2) is 0 Å². The molecule has 0 atom stereocenters.